The highest BCUT2D eigenvalue weighted by Crippen LogP contribution is 2.27. The molecule has 0 aromatic carbocycles. The van der Waals surface area contributed by atoms with Crippen LogP contribution in [0.15, 0.2) is 43.1 Å². The Morgan fingerprint density at radius 3 is 2.64 bits per heavy atom. The lowest BCUT2D eigenvalue weighted by molar-refractivity contribution is 0.0954. The monoisotopic (exact) mass is 462 g/mol. The van der Waals surface area contributed by atoms with Crippen LogP contribution >= 0.6 is 11.3 Å². The number of rotatable bonds is 6. The van der Waals surface area contributed by atoms with E-state index >= 15 is 0 Å². The van der Waals surface area contributed by atoms with E-state index in [1.165, 1.54) is 11.3 Å². The minimum Gasteiger partial charge on any atom is -0.346 e. The molecular weight excluding hydrogens is 436 g/mol. The number of hydrogen-bond donors (Lipinski definition) is 2. The summed E-state index contributed by atoms with van der Waals surface area (Å²) in [7, 11) is 1.85. The van der Waals surface area contributed by atoms with E-state index in [1.807, 2.05) is 32.3 Å². The first-order chi connectivity index (χ1) is 15.7. The number of aryl methyl sites for hydroxylation is 2. The molecule has 0 aliphatic rings. The SMILES string of the molecule is Cc1cc(-c2ccnc(Nc3cnn(C)c3)n2)cnc1CNC(=O)c1cnc(C(C)(C)C)s1. The molecule has 0 aliphatic carbocycles. The first-order valence-electron chi connectivity index (χ1n) is 10.5. The van der Waals surface area contributed by atoms with E-state index in [0.717, 1.165) is 33.2 Å². The van der Waals surface area contributed by atoms with Gasteiger partial charge in [0.2, 0.25) is 5.95 Å². The Kier molecular flexibility index (Phi) is 6.19. The molecule has 1 amide bonds. The predicted octanol–water partition coefficient (Wildman–Crippen LogP) is 4.01. The van der Waals surface area contributed by atoms with E-state index in [9.17, 15) is 4.79 Å². The summed E-state index contributed by atoms with van der Waals surface area (Å²) in [6, 6.07) is 3.85. The summed E-state index contributed by atoms with van der Waals surface area (Å²) in [5.41, 5.74) is 4.12. The van der Waals surface area contributed by atoms with Crippen LogP contribution in [0, 0.1) is 6.92 Å². The lowest BCUT2D eigenvalue weighted by Crippen LogP contribution is -2.23. The Labute approximate surface area is 196 Å². The molecule has 4 aromatic heterocycles. The fourth-order valence-electron chi connectivity index (χ4n) is 3.10. The number of carbonyl (C=O) groups excluding carboxylic acids is 1. The van der Waals surface area contributed by atoms with Gasteiger partial charge in [-0.3, -0.25) is 14.5 Å². The van der Waals surface area contributed by atoms with Crippen molar-refractivity contribution in [3.63, 3.8) is 0 Å². The number of aromatic nitrogens is 6. The standard InChI is InChI=1S/C23H26N8OS/c1-14-8-15(17-6-7-24-22(30-17)29-16-10-28-31(5)13-16)9-25-18(14)11-26-20(32)19-12-27-21(33-19)23(2,3)4/h6-10,12-13H,11H2,1-5H3,(H,26,32)(H,24,29,30). The van der Waals surface area contributed by atoms with E-state index in [1.54, 1.807) is 29.5 Å². The van der Waals surface area contributed by atoms with Gasteiger partial charge in [0.05, 0.1) is 41.0 Å². The number of pyridine rings is 1. The number of amides is 1. The lowest BCUT2D eigenvalue weighted by atomic mass is 9.98. The maximum Gasteiger partial charge on any atom is 0.263 e. The van der Waals surface area contributed by atoms with Crippen molar-refractivity contribution in [3.05, 3.63) is 64.3 Å². The molecule has 4 rings (SSSR count). The third-order valence-corrected chi connectivity index (χ3v) is 6.31. The Balaban J connectivity index is 1.43. The zero-order valence-electron chi connectivity index (χ0n) is 19.2. The van der Waals surface area contributed by atoms with Crippen LogP contribution in [0.4, 0.5) is 11.6 Å². The normalized spacial score (nSPS) is 11.4. The van der Waals surface area contributed by atoms with Gasteiger partial charge in [-0.05, 0) is 24.6 Å². The van der Waals surface area contributed by atoms with Crippen molar-refractivity contribution in [2.75, 3.05) is 5.32 Å². The number of thiazole rings is 1. The summed E-state index contributed by atoms with van der Waals surface area (Å²) in [5, 5.41) is 11.2. The van der Waals surface area contributed by atoms with Gasteiger partial charge in [0.25, 0.3) is 5.91 Å². The van der Waals surface area contributed by atoms with Crippen LogP contribution < -0.4 is 10.6 Å². The molecule has 0 unspecified atom stereocenters. The molecule has 33 heavy (non-hydrogen) atoms. The molecule has 0 saturated carbocycles. The largest absolute Gasteiger partial charge is 0.346 e. The minimum atomic E-state index is -0.143. The number of anilines is 2. The lowest BCUT2D eigenvalue weighted by Gasteiger charge is -2.13. The number of nitrogens with zero attached hydrogens (tertiary/aromatic N) is 6. The van der Waals surface area contributed by atoms with Gasteiger partial charge in [0.1, 0.15) is 4.88 Å². The van der Waals surface area contributed by atoms with Gasteiger partial charge in [0, 0.05) is 36.6 Å². The second-order valence-electron chi connectivity index (χ2n) is 8.74. The summed E-state index contributed by atoms with van der Waals surface area (Å²) >= 11 is 1.42. The molecule has 0 spiro atoms. The fourth-order valence-corrected chi connectivity index (χ4v) is 3.99. The van der Waals surface area contributed by atoms with Crippen LogP contribution in [0.1, 0.15) is 46.7 Å². The van der Waals surface area contributed by atoms with Gasteiger partial charge in [-0.1, -0.05) is 20.8 Å². The van der Waals surface area contributed by atoms with Crippen LogP contribution in [-0.2, 0) is 19.0 Å². The molecule has 0 saturated heterocycles. The summed E-state index contributed by atoms with van der Waals surface area (Å²) in [6.07, 6.45) is 8.65. The van der Waals surface area contributed by atoms with Crippen molar-refractivity contribution in [1.82, 2.24) is 35.0 Å². The summed E-state index contributed by atoms with van der Waals surface area (Å²) in [6.45, 7) is 8.55. The molecule has 9 nitrogen and oxygen atoms in total. The Morgan fingerprint density at radius 2 is 1.97 bits per heavy atom. The van der Waals surface area contributed by atoms with E-state index in [2.05, 4.69) is 56.4 Å². The highest BCUT2D eigenvalue weighted by molar-refractivity contribution is 7.13. The van der Waals surface area contributed by atoms with Crippen molar-refractivity contribution in [2.45, 2.75) is 39.7 Å². The van der Waals surface area contributed by atoms with Crippen molar-refractivity contribution >= 4 is 28.9 Å². The van der Waals surface area contributed by atoms with Crippen molar-refractivity contribution in [3.8, 4) is 11.3 Å². The smallest absolute Gasteiger partial charge is 0.263 e. The molecule has 0 fully saturated rings. The minimum absolute atomic E-state index is 0.0778. The van der Waals surface area contributed by atoms with Crippen molar-refractivity contribution in [2.24, 2.45) is 7.05 Å². The molecule has 10 heteroatoms. The maximum absolute atomic E-state index is 12.5. The highest BCUT2D eigenvalue weighted by atomic mass is 32.1. The van der Waals surface area contributed by atoms with E-state index in [-0.39, 0.29) is 11.3 Å². The van der Waals surface area contributed by atoms with Crippen LogP contribution in [0.25, 0.3) is 11.3 Å². The number of nitrogens with one attached hydrogen (secondary N) is 2. The summed E-state index contributed by atoms with van der Waals surface area (Å²) < 4.78 is 1.70. The maximum atomic E-state index is 12.5. The first kappa shape index (κ1) is 22.5. The zero-order valence-corrected chi connectivity index (χ0v) is 20.1. The predicted molar refractivity (Wildman–Crippen MR) is 128 cm³/mol. The van der Waals surface area contributed by atoms with Crippen molar-refractivity contribution < 1.29 is 4.79 Å². The Morgan fingerprint density at radius 1 is 1.15 bits per heavy atom. The first-order valence-corrected chi connectivity index (χ1v) is 11.3. The van der Waals surface area contributed by atoms with Crippen LogP contribution in [-0.4, -0.2) is 35.6 Å². The van der Waals surface area contributed by atoms with Gasteiger partial charge in [-0.15, -0.1) is 11.3 Å². The average molecular weight is 463 g/mol. The highest BCUT2D eigenvalue weighted by Gasteiger charge is 2.20. The third kappa shape index (κ3) is 5.40. The average Bonchev–Trinajstić information content (AvgIpc) is 3.42. The number of carbonyl (C=O) groups is 1. The second kappa shape index (κ2) is 9.07. The molecular formula is C23H26N8OS. The van der Waals surface area contributed by atoms with Gasteiger partial charge in [-0.2, -0.15) is 5.10 Å². The molecule has 4 aromatic rings. The van der Waals surface area contributed by atoms with E-state index in [4.69, 9.17) is 0 Å². The fraction of sp³-hybridized carbons (Fsp3) is 0.304. The molecule has 0 bridgehead atoms. The molecule has 170 valence electrons. The summed E-state index contributed by atoms with van der Waals surface area (Å²) in [5.74, 6) is 0.337. The van der Waals surface area contributed by atoms with E-state index < -0.39 is 0 Å². The molecule has 4 heterocycles. The van der Waals surface area contributed by atoms with Gasteiger partial charge in [0.15, 0.2) is 0 Å². The number of hydrogen-bond acceptors (Lipinski definition) is 8. The quantitative estimate of drug-likeness (QED) is 0.445. The van der Waals surface area contributed by atoms with Gasteiger partial charge in [-0.25, -0.2) is 15.0 Å². The van der Waals surface area contributed by atoms with Gasteiger partial charge >= 0.3 is 0 Å². The van der Waals surface area contributed by atoms with E-state index in [0.29, 0.717) is 17.4 Å². The molecule has 0 radical (unpaired) electrons. The third-order valence-electron chi connectivity index (χ3n) is 4.89. The zero-order chi connectivity index (χ0) is 23.6. The topological polar surface area (TPSA) is 111 Å². The van der Waals surface area contributed by atoms with Crippen LogP contribution in [0.2, 0.25) is 0 Å². The molecule has 2 N–H and O–H groups in total. The second-order valence-corrected chi connectivity index (χ2v) is 9.77. The Bertz CT molecular complexity index is 1290. The van der Waals surface area contributed by atoms with Crippen LogP contribution in [0.5, 0.6) is 0 Å². The molecule has 0 aliphatic heterocycles. The van der Waals surface area contributed by atoms with Crippen LogP contribution in [0.3, 0.4) is 0 Å². The van der Waals surface area contributed by atoms with Crippen molar-refractivity contribution in [1.29, 1.82) is 0 Å². The summed E-state index contributed by atoms with van der Waals surface area (Å²) in [4.78, 5) is 30.9. The Hall–Kier alpha value is -3.66. The van der Waals surface area contributed by atoms with Gasteiger partial charge < -0.3 is 10.6 Å². The molecule has 0 atom stereocenters.